The molecule has 1 heterocycles. The molecule has 158 valence electrons. The van der Waals surface area contributed by atoms with Crippen molar-refractivity contribution in [3.63, 3.8) is 0 Å². The van der Waals surface area contributed by atoms with Crippen LogP contribution >= 0.6 is 0 Å². The normalized spacial score (nSPS) is 20.0. The number of hydrogen-bond acceptors (Lipinski definition) is 4. The van der Waals surface area contributed by atoms with Crippen molar-refractivity contribution in [1.29, 1.82) is 0 Å². The van der Waals surface area contributed by atoms with Crippen molar-refractivity contribution in [2.75, 3.05) is 18.5 Å². The van der Waals surface area contributed by atoms with E-state index in [1.54, 1.807) is 13.8 Å². The van der Waals surface area contributed by atoms with Gasteiger partial charge < -0.3 is 5.43 Å². The van der Waals surface area contributed by atoms with E-state index in [-0.39, 0.29) is 11.6 Å². The molecule has 2 fully saturated rings. The highest BCUT2D eigenvalue weighted by Crippen LogP contribution is 2.41. The number of halogens is 3. The lowest BCUT2D eigenvalue weighted by molar-refractivity contribution is -0.139. The van der Waals surface area contributed by atoms with Gasteiger partial charge in [0.25, 0.3) is 0 Å². The Labute approximate surface area is 164 Å². The Kier molecular flexibility index (Phi) is 5.99. The fourth-order valence-corrected chi connectivity index (χ4v) is 5.39. The van der Waals surface area contributed by atoms with Crippen LogP contribution in [-0.2, 0) is 16.2 Å². The minimum absolute atomic E-state index is 0.153. The molecule has 0 amide bonds. The fourth-order valence-electron chi connectivity index (χ4n) is 3.71. The lowest BCUT2D eigenvalue weighted by atomic mass is 10.0. The van der Waals surface area contributed by atoms with Crippen LogP contribution < -0.4 is 10.1 Å². The molecule has 1 saturated heterocycles. The summed E-state index contributed by atoms with van der Waals surface area (Å²) in [5.74, 6) is 0.153. The molecule has 1 aromatic rings. The Balaban J connectivity index is 1.88. The second-order valence-corrected chi connectivity index (χ2v) is 9.97. The first kappa shape index (κ1) is 21.4. The lowest BCUT2D eigenvalue weighted by Crippen LogP contribution is -2.45. The number of sulfonamides is 1. The summed E-state index contributed by atoms with van der Waals surface area (Å²) >= 11 is 0. The Morgan fingerprint density at radius 3 is 2.18 bits per heavy atom. The first-order valence-electron chi connectivity index (χ1n) is 9.76. The SMILES string of the molecule is CC(C)(NS(=O)(=O)c1ccc(NN2CCCCCC2)cc1C(F)(F)F)C1CC1. The maximum atomic E-state index is 13.7. The van der Waals surface area contributed by atoms with Crippen LogP contribution in [0.1, 0.15) is 57.9 Å². The second-order valence-electron chi connectivity index (χ2n) is 8.32. The number of alkyl halides is 3. The van der Waals surface area contributed by atoms with Gasteiger partial charge in [0, 0.05) is 24.3 Å². The summed E-state index contributed by atoms with van der Waals surface area (Å²) in [6.07, 6.45) is 1.14. The van der Waals surface area contributed by atoms with E-state index in [0.29, 0.717) is 0 Å². The quantitative estimate of drug-likeness (QED) is 0.719. The minimum atomic E-state index is -4.77. The van der Waals surface area contributed by atoms with E-state index in [9.17, 15) is 21.6 Å². The van der Waals surface area contributed by atoms with Crippen molar-refractivity contribution in [2.45, 2.75) is 69.0 Å². The monoisotopic (exact) mass is 419 g/mol. The van der Waals surface area contributed by atoms with Gasteiger partial charge >= 0.3 is 6.18 Å². The van der Waals surface area contributed by atoms with Gasteiger partial charge in [-0.1, -0.05) is 12.8 Å². The maximum Gasteiger partial charge on any atom is 0.417 e. The molecule has 0 atom stereocenters. The van der Waals surface area contributed by atoms with Crippen molar-refractivity contribution < 1.29 is 21.6 Å². The third kappa shape index (κ3) is 5.18. The summed E-state index contributed by atoms with van der Waals surface area (Å²) in [4.78, 5) is -0.727. The highest BCUT2D eigenvalue weighted by Gasteiger charge is 2.43. The Hall–Kier alpha value is -1.32. The first-order valence-corrected chi connectivity index (χ1v) is 11.2. The highest BCUT2D eigenvalue weighted by atomic mass is 32.2. The number of anilines is 1. The molecule has 0 unspecified atom stereocenters. The van der Waals surface area contributed by atoms with Crippen molar-refractivity contribution in [2.24, 2.45) is 5.92 Å². The molecule has 2 aliphatic rings. The molecule has 1 aromatic carbocycles. The zero-order chi connectivity index (χ0) is 20.6. The number of rotatable bonds is 6. The largest absolute Gasteiger partial charge is 0.417 e. The number of nitrogens with one attached hydrogen (secondary N) is 2. The van der Waals surface area contributed by atoms with Crippen LogP contribution in [0.4, 0.5) is 18.9 Å². The maximum absolute atomic E-state index is 13.7. The molecule has 0 aromatic heterocycles. The minimum Gasteiger partial charge on any atom is -0.319 e. The second kappa shape index (κ2) is 7.84. The van der Waals surface area contributed by atoms with Crippen LogP contribution in [0.2, 0.25) is 0 Å². The van der Waals surface area contributed by atoms with Gasteiger partial charge in [-0.15, -0.1) is 0 Å². The van der Waals surface area contributed by atoms with E-state index < -0.39 is 32.2 Å². The van der Waals surface area contributed by atoms with E-state index in [1.807, 2.05) is 5.01 Å². The molecule has 2 N–H and O–H groups in total. The van der Waals surface area contributed by atoms with E-state index in [1.165, 1.54) is 6.07 Å². The molecule has 1 aliphatic carbocycles. The molecule has 5 nitrogen and oxygen atoms in total. The van der Waals surface area contributed by atoms with Gasteiger partial charge in [-0.3, -0.25) is 0 Å². The summed E-state index contributed by atoms with van der Waals surface area (Å²) in [5.41, 5.74) is 1.33. The highest BCUT2D eigenvalue weighted by molar-refractivity contribution is 7.89. The summed E-state index contributed by atoms with van der Waals surface area (Å²) < 4.78 is 69.0. The van der Waals surface area contributed by atoms with Gasteiger partial charge in [-0.05, 0) is 63.6 Å². The van der Waals surface area contributed by atoms with Crippen molar-refractivity contribution >= 4 is 15.7 Å². The zero-order valence-electron chi connectivity index (χ0n) is 16.3. The number of benzene rings is 1. The van der Waals surface area contributed by atoms with Gasteiger partial charge in [-0.2, -0.15) is 13.2 Å². The van der Waals surface area contributed by atoms with Gasteiger partial charge in [-0.25, -0.2) is 18.1 Å². The van der Waals surface area contributed by atoms with Gasteiger partial charge in [0.1, 0.15) is 0 Å². The van der Waals surface area contributed by atoms with Gasteiger partial charge in [0.05, 0.1) is 10.5 Å². The summed E-state index contributed by atoms with van der Waals surface area (Å²) in [6.45, 7) is 4.92. The van der Waals surface area contributed by atoms with E-state index >= 15 is 0 Å². The third-order valence-corrected chi connectivity index (χ3v) is 7.19. The molecule has 3 rings (SSSR count). The van der Waals surface area contributed by atoms with Crippen LogP contribution in [0.25, 0.3) is 0 Å². The van der Waals surface area contributed by atoms with E-state index in [4.69, 9.17) is 0 Å². The number of hydrogen-bond donors (Lipinski definition) is 2. The standard InChI is InChI=1S/C19H28F3N3O2S/c1-18(2,14-7-8-14)24-28(26,27)17-10-9-15(13-16(17)19(20,21)22)23-25-11-5-3-4-6-12-25/h9-10,13-14,23-24H,3-8,11-12H2,1-2H3. The van der Waals surface area contributed by atoms with Gasteiger partial charge in [0.15, 0.2) is 0 Å². The van der Waals surface area contributed by atoms with Crippen molar-refractivity contribution in [3.05, 3.63) is 23.8 Å². The molecule has 28 heavy (non-hydrogen) atoms. The Bertz CT molecular complexity index is 797. The van der Waals surface area contributed by atoms with Crippen molar-refractivity contribution in [3.8, 4) is 0 Å². The zero-order valence-corrected chi connectivity index (χ0v) is 17.1. The Morgan fingerprint density at radius 1 is 1.04 bits per heavy atom. The predicted molar refractivity (Wildman–Crippen MR) is 102 cm³/mol. The van der Waals surface area contributed by atoms with Crippen LogP contribution in [0.3, 0.4) is 0 Å². The average molecular weight is 420 g/mol. The molecular weight excluding hydrogens is 391 g/mol. The summed E-state index contributed by atoms with van der Waals surface area (Å²) in [7, 11) is -4.30. The van der Waals surface area contributed by atoms with Crippen molar-refractivity contribution in [1.82, 2.24) is 9.73 Å². The van der Waals surface area contributed by atoms with E-state index in [0.717, 1.165) is 63.7 Å². The topological polar surface area (TPSA) is 61.4 Å². The lowest BCUT2D eigenvalue weighted by Gasteiger charge is -2.27. The van der Waals surface area contributed by atoms with Crippen LogP contribution in [0.15, 0.2) is 23.1 Å². The van der Waals surface area contributed by atoms with Crippen LogP contribution in [0, 0.1) is 5.92 Å². The smallest absolute Gasteiger partial charge is 0.319 e. The molecular formula is C19H28F3N3O2S. The Morgan fingerprint density at radius 2 is 1.64 bits per heavy atom. The number of nitrogens with zero attached hydrogens (tertiary/aromatic N) is 1. The predicted octanol–water partition coefficient (Wildman–Crippen LogP) is 4.38. The molecule has 9 heteroatoms. The average Bonchev–Trinajstić information content (AvgIpc) is 3.41. The summed E-state index contributed by atoms with van der Waals surface area (Å²) in [5, 5.41) is 1.89. The molecule has 0 radical (unpaired) electrons. The van der Waals surface area contributed by atoms with Crippen LogP contribution in [0.5, 0.6) is 0 Å². The van der Waals surface area contributed by atoms with Crippen LogP contribution in [-0.4, -0.2) is 32.1 Å². The molecule has 0 bridgehead atoms. The molecule has 1 aliphatic heterocycles. The van der Waals surface area contributed by atoms with Gasteiger partial charge in [0.2, 0.25) is 10.0 Å². The van der Waals surface area contributed by atoms with E-state index in [2.05, 4.69) is 10.1 Å². The molecule has 0 spiro atoms. The summed E-state index contributed by atoms with van der Waals surface area (Å²) in [6, 6.07) is 3.34. The number of hydrazine groups is 1. The molecule has 1 saturated carbocycles. The third-order valence-electron chi connectivity index (χ3n) is 5.46. The first-order chi connectivity index (χ1) is 13.0. The fraction of sp³-hybridized carbons (Fsp3) is 0.684.